The first-order valence-electron chi connectivity index (χ1n) is 6.11. The van der Waals surface area contributed by atoms with E-state index in [1.54, 1.807) is 0 Å². The summed E-state index contributed by atoms with van der Waals surface area (Å²) in [6, 6.07) is 7.77. The van der Waals surface area contributed by atoms with E-state index in [-0.39, 0.29) is 0 Å². The Morgan fingerprint density at radius 2 is 1.72 bits per heavy atom. The zero-order chi connectivity index (χ0) is 13.0. The van der Waals surface area contributed by atoms with Crippen LogP contribution < -0.4 is 10.2 Å². The molecule has 3 nitrogen and oxygen atoms in total. The van der Waals surface area contributed by atoms with Gasteiger partial charge >= 0.3 is 0 Å². The van der Waals surface area contributed by atoms with Crippen molar-refractivity contribution in [2.75, 3.05) is 23.3 Å². The SMILES string of the molecule is O=C(Nc1ccc(N2CCCCC2)cc1)C(Cl)Cl. The summed E-state index contributed by atoms with van der Waals surface area (Å²) in [4.78, 5) is 12.6. The third-order valence-corrected chi connectivity index (χ3v) is 3.45. The molecule has 1 heterocycles. The third-order valence-electron chi connectivity index (χ3n) is 3.05. The minimum atomic E-state index is -1.04. The number of halogens is 2. The van der Waals surface area contributed by atoms with Gasteiger partial charge in [-0.3, -0.25) is 4.79 Å². The lowest BCUT2D eigenvalue weighted by Gasteiger charge is -2.28. The Kier molecular flexibility index (Phi) is 4.72. The Balaban J connectivity index is 1.98. The van der Waals surface area contributed by atoms with E-state index in [4.69, 9.17) is 23.2 Å². The average molecular weight is 287 g/mol. The molecule has 98 valence electrons. The van der Waals surface area contributed by atoms with Crippen molar-refractivity contribution >= 4 is 40.5 Å². The van der Waals surface area contributed by atoms with Crippen molar-refractivity contribution in [3.8, 4) is 0 Å². The molecule has 0 bridgehead atoms. The highest BCUT2D eigenvalue weighted by molar-refractivity contribution is 6.54. The lowest BCUT2D eigenvalue weighted by molar-refractivity contribution is -0.114. The Hall–Kier alpha value is -0.930. The summed E-state index contributed by atoms with van der Waals surface area (Å²) < 4.78 is 0. The third kappa shape index (κ3) is 3.53. The summed E-state index contributed by atoms with van der Waals surface area (Å²) in [5, 5.41) is 2.65. The second-order valence-electron chi connectivity index (χ2n) is 4.38. The molecule has 1 aliphatic rings. The smallest absolute Gasteiger partial charge is 0.257 e. The fraction of sp³-hybridized carbons (Fsp3) is 0.462. The molecule has 0 saturated carbocycles. The van der Waals surface area contributed by atoms with Gasteiger partial charge in [0.25, 0.3) is 5.91 Å². The van der Waals surface area contributed by atoms with Gasteiger partial charge in [-0.15, -0.1) is 0 Å². The van der Waals surface area contributed by atoms with Gasteiger partial charge in [-0.1, -0.05) is 23.2 Å². The topological polar surface area (TPSA) is 32.3 Å². The van der Waals surface area contributed by atoms with Gasteiger partial charge in [0, 0.05) is 24.5 Å². The summed E-state index contributed by atoms with van der Waals surface area (Å²) in [6.45, 7) is 2.22. The van der Waals surface area contributed by atoms with E-state index in [1.165, 1.54) is 24.9 Å². The Morgan fingerprint density at radius 1 is 1.11 bits per heavy atom. The maximum Gasteiger partial charge on any atom is 0.257 e. The number of carbonyl (C=O) groups excluding carboxylic acids is 1. The summed E-state index contributed by atoms with van der Waals surface area (Å²) >= 11 is 11.0. The lowest BCUT2D eigenvalue weighted by atomic mass is 10.1. The second kappa shape index (κ2) is 6.30. The predicted molar refractivity (Wildman–Crippen MR) is 76.6 cm³/mol. The van der Waals surface area contributed by atoms with Crippen LogP contribution in [0.2, 0.25) is 0 Å². The fourth-order valence-electron chi connectivity index (χ4n) is 2.10. The molecule has 1 N–H and O–H groups in total. The summed E-state index contributed by atoms with van der Waals surface area (Å²) in [6.07, 6.45) is 3.81. The number of carbonyl (C=O) groups is 1. The number of hydrogen-bond donors (Lipinski definition) is 1. The maximum absolute atomic E-state index is 11.3. The quantitative estimate of drug-likeness (QED) is 0.864. The standard InChI is InChI=1S/C13H16Cl2N2O/c14-12(15)13(18)16-10-4-6-11(7-5-10)17-8-2-1-3-9-17/h4-7,12H,1-3,8-9H2,(H,16,18). The van der Waals surface area contributed by atoms with Gasteiger partial charge < -0.3 is 10.2 Å². The molecular weight excluding hydrogens is 271 g/mol. The van der Waals surface area contributed by atoms with Crippen LogP contribution in [0.4, 0.5) is 11.4 Å². The minimum Gasteiger partial charge on any atom is -0.372 e. The molecule has 1 amide bonds. The van der Waals surface area contributed by atoms with E-state index < -0.39 is 10.7 Å². The molecule has 0 radical (unpaired) electrons. The number of piperidine rings is 1. The van der Waals surface area contributed by atoms with Crippen molar-refractivity contribution in [1.82, 2.24) is 0 Å². The van der Waals surface area contributed by atoms with Crippen LogP contribution in [0.5, 0.6) is 0 Å². The number of rotatable bonds is 3. The average Bonchev–Trinajstić information content (AvgIpc) is 2.40. The molecule has 1 aliphatic heterocycles. The molecule has 0 aliphatic carbocycles. The zero-order valence-electron chi connectivity index (χ0n) is 10.0. The molecule has 2 rings (SSSR count). The van der Waals surface area contributed by atoms with E-state index in [0.29, 0.717) is 5.69 Å². The molecule has 0 aromatic heterocycles. The monoisotopic (exact) mass is 286 g/mol. The number of nitrogens with one attached hydrogen (secondary N) is 1. The minimum absolute atomic E-state index is 0.399. The highest BCUT2D eigenvalue weighted by Crippen LogP contribution is 2.22. The molecular formula is C13H16Cl2N2O. The Bertz CT molecular complexity index is 400. The van der Waals surface area contributed by atoms with Crippen molar-refractivity contribution in [3.05, 3.63) is 24.3 Å². The molecule has 1 fully saturated rings. The number of nitrogens with zero attached hydrogens (tertiary/aromatic N) is 1. The largest absolute Gasteiger partial charge is 0.372 e. The molecule has 18 heavy (non-hydrogen) atoms. The fourth-order valence-corrected chi connectivity index (χ4v) is 2.21. The highest BCUT2D eigenvalue weighted by Gasteiger charge is 2.13. The molecule has 0 atom stereocenters. The van der Waals surface area contributed by atoms with Crippen LogP contribution in [-0.2, 0) is 4.79 Å². The van der Waals surface area contributed by atoms with E-state index >= 15 is 0 Å². The molecule has 1 aromatic carbocycles. The normalized spacial score (nSPS) is 15.8. The van der Waals surface area contributed by atoms with Crippen molar-refractivity contribution in [2.45, 2.75) is 24.1 Å². The van der Waals surface area contributed by atoms with Crippen molar-refractivity contribution in [2.24, 2.45) is 0 Å². The Morgan fingerprint density at radius 3 is 2.28 bits per heavy atom. The number of hydrogen-bond acceptors (Lipinski definition) is 2. The first-order valence-corrected chi connectivity index (χ1v) is 6.98. The van der Waals surface area contributed by atoms with Crippen molar-refractivity contribution in [1.29, 1.82) is 0 Å². The van der Waals surface area contributed by atoms with Gasteiger partial charge in [-0.05, 0) is 43.5 Å². The molecule has 0 unspecified atom stereocenters. The molecule has 0 spiro atoms. The number of anilines is 2. The van der Waals surface area contributed by atoms with Crippen LogP contribution in [-0.4, -0.2) is 23.8 Å². The molecule has 1 saturated heterocycles. The van der Waals surface area contributed by atoms with Gasteiger partial charge in [-0.2, -0.15) is 0 Å². The highest BCUT2D eigenvalue weighted by atomic mass is 35.5. The van der Waals surface area contributed by atoms with Crippen LogP contribution in [0, 0.1) is 0 Å². The van der Waals surface area contributed by atoms with Gasteiger partial charge in [0.1, 0.15) is 0 Å². The first-order chi connectivity index (χ1) is 8.66. The van der Waals surface area contributed by atoms with Crippen molar-refractivity contribution in [3.63, 3.8) is 0 Å². The molecule has 1 aromatic rings. The predicted octanol–water partition coefficient (Wildman–Crippen LogP) is 3.42. The number of alkyl halides is 2. The van der Waals surface area contributed by atoms with Crippen LogP contribution in [0.15, 0.2) is 24.3 Å². The van der Waals surface area contributed by atoms with Crippen LogP contribution >= 0.6 is 23.2 Å². The van der Waals surface area contributed by atoms with Crippen LogP contribution in [0.1, 0.15) is 19.3 Å². The van der Waals surface area contributed by atoms with Gasteiger partial charge in [0.15, 0.2) is 4.84 Å². The van der Waals surface area contributed by atoms with Crippen molar-refractivity contribution < 1.29 is 4.79 Å². The zero-order valence-corrected chi connectivity index (χ0v) is 11.5. The Labute approximate surface area is 117 Å². The van der Waals surface area contributed by atoms with E-state index in [9.17, 15) is 4.79 Å². The first kappa shape index (κ1) is 13.5. The summed E-state index contributed by atoms with van der Waals surface area (Å²) in [5.41, 5.74) is 1.91. The van der Waals surface area contributed by atoms with Crippen LogP contribution in [0.3, 0.4) is 0 Å². The van der Waals surface area contributed by atoms with E-state index in [1.807, 2.05) is 24.3 Å². The lowest BCUT2D eigenvalue weighted by Crippen LogP contribution is -2.29. The molecule has 5 heteroatoms. The van der Waals surface area contributed by atoms with Gasteiger partial charge in [0.05, 0.1) is 0 Å². The van der Waals surface area contributed by atoms with Gasteiger partial charge in [-0.25, -0.2) is 0 Å². The van der Waals surface area contributed by atoms with Crippen LogP contribution in [0.25, 0.3) is 0 Å². The van der Waals surface area contributed by atoms with E-state index in [2.05, 4.69) is 10.2 Å². The number of benzene rings is 1. The maximum atomic E-state index is 11.3. The summed E-state index contributed by atoms with van der Waals surface area (Å²) in [5.74, 6) is -0.399. The van der Waals surface area contributed by atoms with Gasteiger partial charge in [0.2, 0.25) is 0 Å². The van der Waals surface area contributed by atoms with E-state index in [0.717, 1.165) is 13.1 Å². The second-order valence-corrected chi connectivity index (χ2v) is 5.48. The number of amides is 1. The summed E-state index contributed by atoms with van der Waals surface area (Å²) in [7, 11) is 0.